The SMILES string of the molecule is CC12CCC(=O)C=C1C[C@@H](CC=O)C1C2CCC23C1CC[C@]21CC(=O)CC31. The van der Waals surface area contributed by atoms with E-state index in [1.54, 1.807) is 0 Å². The summed E-state index contributed by atoms with van der Waals surface area (Å²) in [5.74, 6) is 3.82. The lowest BCUT2D eigenvalue weighted by Gasteiger charge is -2.59. The molecule has 0 aliphatic heterocycles. The van der Waals surface area contributed by atoms with Crippen molar-refractivity contribution in [3.05, 3.63) is 11.6 Å². The minimum Gasteiger partial charge on any atom is -0.303 e. The van der Waals surface area contributed by atoms with Gasteiger partial charge in [0, 0.05) is 25.7 Å². The molecule has 2 spiro atoms. The van der Waals surface area contributed by atoms with Crippen molar-refractivity contribution in [3.8, 4) is 0 Å². The van der Waals surface area contributed by atoms with Gasteiger partial charge in [-0.25, -0.2) is 0 Å². The van der Waals surface area contributed by atoms with Crippen LogP contribution in [0.1, 0.15) is 71.1 Å². The molecular weight excluding hydrogens is 336 g/mol. The van der Waals surface area contributed by atoms with E-state index in [9.17, 15) is 14.4 Å². The van der Waals surface area contributed by atoms with Crippen LogP contribution in [0.2, 0.25) is 0 Å². The van der Waals surface area contributed by atoms with Crippen LogP contribution in [0.25, 0.3) is 0 Å². The number of hydrogen-bond donors (Lipinski definition) is 0. The third-order valence-electron chi connectivity index (χ3n) is 10.6. The largest absolute Gasteiger partial charge is 0.303 e. The van der Waals surface area contributed by atoms with Gasteiger partial charge in [-0.2, -0.15) is 0 Å². The number of hydrogen-bond acceptors (Lipinski definition) is 3. The van der Waals surface area contributed by atoms with Crippen molar-refractivity contribution in [2.45, 2.75) is 71.1 Å². The molecule has 5 saturated carbocycles. The molecule has 0 bridgehead atoms. The van der Waals surface area contributed by atoms with E-state index in [1.807, 2.05) is 6.08 Å². The van der Waals surface area contributed by atoms with Crippen LogP contribution in [0.15, 0.2) is 11.6 Å². The van der Waals surface area contributed by atoms with Gasteiger partial charge in [-0.15, -0.1) is 0 Å². The number of Topliss-reactive ketones (excluding diaryl/α,β-unsaturated/α-hetero) is 1. The van der Waals surface area contributed by atoms with Crippen LogP contribution in [-0.2, 0) is 14.4 Å². The second kappa shape index (κ2) is 5.02. The van der Waals surface area contributed by atoms with Crippen LogP contribution in [0, 0.1) is 45.8 Å². The molecule has 0 heterocycles. The first kappa shape index (κ1) is 16.7. The Hall–Kier alpha value is -1.25. The van der Waals surface area contributed by atoms with Crippen molar-refractivity contribution in [1.29, 1.82) is 0 Å². The zero-order chi connectivity index (χ0) is 18.6. The maximum atomic E-state index is 12.1. The van der Waals surface area contributed by atoms with Crippen molar-refractivity contribution >= 4 is 17.9 Å². The second-order valence-corrected chi connectivity index (χ2v) is 11.0. The molecule has 0 aromatic carbocycles. The van der Waals surface area contributed by atoms with Gasteiger partial charge in [-0.3, -0.25) is 9.59 Å². The average molecular weight is 367 g/mol. The number of carbonyl (C=O) groups is 3. The summed E-state index contributed by atoms with van der Waals surface area (Å²) in [6.07, 6.45) is 13.1. The molecule has 0 aromatic heterocycles. The quantitative estimate of drug-likeness (QED) is 0.685. The van der Waals surface area contributed by atoms with Crippen molar-refractivity contribution in [1.82, 2.24) is 0 Å². The van der Waals surface area contributed by atoms with Crippen molar-refractivity contribution < 1.29 is 14.4 Å². The molecule has 0 saturated heterocycles. The molecule has 8 atom stereocenters. The zero-order valence-electron chi connectivity index (χ0n) is 16.3. The topological polar surface area (TPSA) is 51.2 Å². The van der Waals surface area contributed by atoms with E-state index in [0.717, 1.165) is 37.9 Å². The standard InChI is InChI=1S/C24H30O3/c1-22-6-2-16(26)11-15(22)10-14(5-9-25)21-18(22)4-8-24-19(21)3-7-23(24)13-17(27)12-20(23)24/h9,11,14,18-21H,2-8,10,12-13H2,1H3/t14-,18?,19?,20?,21?,22?,23-,24?/m1/s1. The Morgan fingerprint density at radius 1 is 1.11 bits per heavy atom. The summed E-state index contributed by atoms with van der Waals surface area (Å²) in [6.45, 7) is 2.42. The molecule has 6 aliphatic carbocycles. The fraction of sp³-hybridized carbons (Fsp3) is 0.792. The number of carbonyl (C=O) groups excluding carboxylic acids is 3. The van der Waals surface area contributed by atoms with Gasteiger partial charge in [0.25, 0.3) is 0 Å². The van der Waals surface area contributed by atoms with Gasteiger partial charge < -0.3 is 4.79 Å². The van der Waals surface area contributed by atoms with E-state index in [4.69, 9.17) is 0 Å². The summed E-state index contributed by atoms with van der Waals surface area (Å²) in [5.41, 5.74) is 2.30. The number of aldehydes is 1. The molecule has 3 heteroatoms. The third kappa shape index (κ3) is 1.74. The van der Waals surface area contributed by atoms with E-state index in [0.29, 0.717) is 53.1 Å². The molecule has 6 rings (SSSR count). The molecule has 0 aromatic rings. The molecule has 27 heavy (non-hydrogen) atoms. The molecule has 0 amide bonds. The fourth-order valence-electron chi connectivity index (χ4n) is 9.79. The Balaban J connectivity index is 1.41. The number of fused-ring (bicyclic) bond motifs is 4. The van der Waals surface area contributed by atoms with Gasteiger partial charge >= 0.3 is 0 Å². The molecule has 0 radical (unpaired) electrons. The number of rotatable bonds is 2. The van der Waals surface area contributed by atoms with Crippen LogP contribution in [0.3, 0.4) is 0 Å². The monoisotopic (exact) mass is 366 g/mol. The highest BCUT2D eigenvalue weighted by Gasteiger charge is 2.85. The number of ketones is 2. The molecule has 3 nitrogen and oxygen atoms in total. The lowest BCUT2D eigenvalue weighted by atomic mass is 9.45. The van der Waals surface area contributed by atoms with Crippen molar-refractivity contribution in [2.24, 2.45) is 45.8 Å². The molecule has 6 unspecified atom stereocenters. The maximum Gasteiger partial charge on any atom is 0.155 e. The summed E-state index contributed by atoms with van der Waals surface area (Å²) in [6, 6.07) is 0. The first-order chi connectivity index (χ1) is 13.0. The van der Waals surface area contributed by atoms with E-state index in [2.05, 4.69) is 6.92 Å². The van der Waals surface area contributed by atoms with Crippen LogP contribution >= 0.6 is 0 Å². The Labute approximate surface area is 161 Å². The lowest BCUT2D eigenvalue weighted by molar-refractivity contribution is -0.121. The summed E-state index contributed by atoms with van der Waals surface area (Å²) < 4.78 is 0. The predicted octanol–water partition coefficient (Wildman–Crippen LogP) is 4.29. The molecule has 6 aliphatic rings. The fourth-order valence-corrected chi connectivity index (χ4v) is 9.79. The predicted molar refractivity (Wildman–Crippen MR) is 101 cm³/mol. The second-order valence-electron chi connectivity index (χ2n) is 11.0. The average Bonchev–Trinajstić information content (AvgIpc) is 2.94. The van der Waals surface area contributed by atoms with Crippen LogP contribution < -0.4 is 0 Å². The summed E-state index contributed by atoms with van der Waals surface area (Å²) in [5, 5.41) is 0. The highest BCUT2D eigenvalue weighted by molar-refractivity contribution is 5.91. The van der Waals surface area contributed by atoms with Crippen LogP contribution in [0.5, 0.6) is 0 Å². The van der Waals surface area contributed by atoms with Gasteiger partial charge in [0.05, 0.1) is 0 Å². The highest BCUT2D eigenvalue weighted by Crippen LogP contribution is 2.90. The van der Waals surface area contributed by atoms with Gasteiger partial charge in [-0.1, -0.05) is 12.5 Å². The van der Waals surface area contributed by atoms with Gasteiger partial charge in [0.1, 0.15) is 12.1 Å². The Bertz CT molecular complexity index is 795. The van der Waals surface area contributed by atoms with E-state index in [1.165, 1.54) is 31.3 Å². The third-order valence-corrected chi connectivity index (χ3v) is 10.6. The Morgan fingerprint density at radius 3 is 2.70 bits per heavy atom. The molecule has 0 N–H and O–H groups in total. The van der Waals surface area contributed by atoms with Gasteiger partial charge in [0.2, 0.25) is 0 Å². The first-order valence-electron chi connectivity index (χ1n) is 11.2. The van der Waals surface area contributed by atoms with E-state index < -0.39 is 0 Å². The molecular formula is C24H30O3. The highest BCUT2D eigenvalue weighted by atomic mass is 16.1. The maximum absolute atomic E-state index is 12.1. The minimum atomic E-state index is 0.162. The van der Waals surface area contributed by atoms with Gasteiger partial charge in [0.15, 0.2) is 5.78 Å². The Morgan fingerprint density at radius 2 is 1.93 bits per heavy atom. The van der Waals surface area contributed by atoms with Crippen LogP contribution in [-0.4, -0.2) is 17.9 Å². The zero-order valence-corrected chi connectivity index (χ0v) is 16.3. The first-order valence-corrected chi connectivity index (χ1v) is 11.2. The smallest absolute Gasteiger partial charge is 0.155 e. The molecule has 144 valence electrons. The summed E-state index contributed by atoms with van der Waals surface area (Å²) in [4.78, 5) is 35.8. The normalized spacial score (nSPS) is 55.0. The lowest BCUT2D eigenvalue weighted by Crippen LogP contribution is -2.52. The van der Waals surface area contributed by atoms with E-state index in [-0.39, 0.29) is 11.2 Å². The summed E-state index contributed by atoms with van der Waals surface area (Å²) in [7, 11) is 0. The van der Waals surface area contributed by atoms with E-state index >= 15 is 0 Å². The Kier molecular flexibility index (Phi) is 3.10. The number of allylic oxidation sites excluding steroid dienone is 1. The minimum absolute atomic E-state index is 0.162. The van der Waals surface area contributed by atoms with Crippen molar-refractivity contribution in [2.75, 3.05) is 0 Å². The van der Waals surface area contributed by atoms with Gasteiger partial charge in [-0.05, 0) is 90.4 Å². The van der Waals surface area contributed by atoms with Crippen molar-refractivity contribution in [3.63, 3.8) is 0 Å². The van der Waals surface area contributed by atoms with Crippen LogP contribution in [0.4, 0.5) is 0 Å². The molecule has 5 fully saturated rings. The summed E-state index contributed by atoms with van der Waals surface area (Å²) >= 11 is 0.